The fourth-order valence-electron chi connectivity index (χ4n) is 12.0. The molecule has 2 heterocycles. The lowest BCUT2D eigenvalue weighted by Crippen LogP contribution is -2.31. The zero-order valence-electron chi connectivity index (χ0n) is 33.9. The molecule has 0 bridgehead atoms. The fourth-order valence-corrected chi connectivity index (χ4v) is 12.0. The van der Waals surface area contributed by atoms with Crippen LogP contribution in [0.1, 0.15) is 22.3 Å². The van der Waals surface area contributed by atoms with Crippen LogP contribution in [0.15, 0.2) is 211 Å². The quantitative estimate of drug-likeness (QED) is 0.174. The molecule has 2 nitrogen and oxygen atoms in total. The molecule has 0 radical (unpaired) electrons. The van der Waals surface area contributed by atoms with Gasteiger partial charge in [0.1, 0.15) is 22.7 Å². The van der Waals surface area contributed by atoms with Crippen molar-refractivity contribution in [1.29, 1.82) is 0 Å². The largest absolute Gasteiger partial charge is 0.456 e. The summed E-state index contributed by atoms with van der Waals surface area (Å²) in [6.07, 6.45) is 0. The van der Waals surface area contributed by atoms with Crippen molar-refractivity contribution in [3.05, 3.63) is 229 Å². The van der Waals surface area contributed by atoms with E-state index >= 15 is 0 Å². The summed E-state index contributed by atoms with van der Waals surface area (Å²) in [5, 5.41) is 9.57. The summed E-state index contributed by atoms with van der Waals surface area (Å²) in [7, 11) is 0. The van der Waals surface area contributed by atoms with E-state index < -0.39 is 5.41 Å². The minimum atomic E-state index is -0.479. The molecule has 0 saturated carbocycles. The molecule has 1 spiro atoms. The van der Waals surface area contributed by atoms with Crippen molar-refractivity contribution in [2.75, 3.05) is 0 Å². The summed E-state index contributed by atoms with van der Waals surface area (Å²) in [5.41, 5.74) is 18.8. The summed E-state index contributed by atoms with van der Waals surface area (Å²) in [6, 6.07) is 76.1. The van der Waals surface area contributed by atoms with Crippen LogP contribution in [0.3, 0.4) is 0 Å². The van der Waals surface area contributed by atoms with Crippen LogP contribution in [-0.2, 0) is 5.41 Å². The molecule has 1 aliphatic heterocycles. The average Bonchev–Trinajstić information content (AvgIpc) is 3.86. The van der Waals surface area contributed by atoms with Gasteiger partial charge in [0.2, 0.25) is 0 Å². The molecule has 2 heteroatoms. The molecule has 1 unspecified atom stereocenters. The van der Waals surface area contributed by atoms with Gasteiger partial charge in [-0.05, 0) is 136 Å². The van der Waals surface area contributed by atoms with Gasteiger partial charge in [0.05, 0.1) is 5.41 Å². The lowest BCUT2D eigenvalue weighted by atomic mass is 9.61. The van der Waals surface area contributed by atoms with Crippen LogP contribution >= 0.6 is 0 Å². The molecule has 3 aliphatic rings. The third-order valence-electron chi connectivity index (χ3n) is 14.5. The number of furan rings is 1. The number of benzene rings is 11. The second-order valence-corrected chi connectivity index (χ2v) is 17.4. The Morgan fingerprint density at radius 3 is 1.81 bits per heavy atom. The first-order valence-corrected chi connectivity index (χ1v) is 21.8. The van der Waals surface area contributed by atoms with Gasteiger partial charge in [-0.25, -0.2) is 0 Å². The van der Waals surface area contributed by atoms with Crippen LogP contribution in [0.25, 0.3) is 110 Å². The van der Waals surface area contributed by atoms with Crippen LogP contribution in [0.5, 0.6) is 11.5 Å². The fraction of sp³-hybridized carbons (Fsp3) is 0.0164. The molecule has 1 aromatic heterocycles. The summed E-state index contributed by atoms with van der Waals surface area (Å²) < 4.78 is 13.3. The van der Waals surface area contributed by atoms with Crippen LogP contribution in [-0.4, -0.2) is 0 Å². The maximum atomic E-state index is 6.85. The van der Waals surface area contributed by atoms with Crippen molar-refractivity contribution < 1.29 is 9.15 Å². The number of fused-ring (bicyclic) bond motifs is 15. The molecule has 0 fully saturated rings. The van der Waals surface area contributed by atoms with Crippen molar-refractivity contribution in [2.45, 2.75) is 5.41 Å². The van der Waals surface area contributed by atoms with Gasteiger partial charge >= 0.3 is 0 Å². The SMILES string of the molecule is c1ccc2c(c1)-c1c(-c3ccc4c5c(cccc35)-c3cc(-c5cccc6oc7cc8ccccc8cc7c56)ccc3O4)cccc1C21c2ccccc2-c2cccc3cccc1c23. The monoisotopic (exact) mass is 798 g/mol. The summed E-state index contributed by atoms with van der Waals surface area (Å²) in [6.45, 7) is 0. The van der Waals surface area contributed by atoms with Crippen LogP contribution < -0.4 is 4.74 Å². The lowest BCUT2D eigenvalue weighted by molar-refractivity contribution is 0.487. The van der Waals surface area contributed by atoms with E-state index in [4.69, 9.17) is 9.15 Å². The maximum Gasteiger partial charge on any atom is 0.136 e. The van der Waals surface area contributed by atoms with E-state index in [0.29, 0.717) is 0 Å². The predicted molar refractivity (Wildman–Crippen MR) is 259 cm³/mol. The first-order valence-electron chi connectivity index (χ1n) is 21.8. The topological polar surface area (TPSA) is 22.4 Å². The molecule has 2 aliphatic carbocycles. The highest BCUT2D eigenvalue weighted by Crippen LogP contribution is 2.63. The van der Waals surface area contributed by atoms with Crippen LogP contribution in [0.4, 0.5) is 0 Å². The zero-order valence-corrected chi connectivity index (χ0v) is 33.9. The molecule has 1 atom stereocenters. The van der Waals surface area contributed by atoms with Crippen molar-refractivity contribution in [3.63, 3.8) is 0 Å². The third-order valence-corrected chi connectivity index (χ3v) is 14.5. The number of rotatable bonds is 2. The summed E-state index contributed by atoms with van der Waals surface area (Å²) >= 11 is 0. The summed E-state index contributed by atoms with van der Waals surface area (Å²) in [4.78, 5) is 0. The molecule has 12 aromatic rings. The highest BCUT2D eigenvalue weighted by atomic mass is 16.5. The Morgan fingerprint density at radius 2 is 0.921 bits per heavy atom. The van der Waals surface area contributed by atoms with Crippen molar-refractivity contribution in [1.82, 2.24) is 0 Å². The second-order valence-electron chi connectivity index (χ2n) is 17.4. The van der Waals surface area contributed by atoms with Crippen molar-refractivity contribution in [3.8, 4) is 67.1 Å². The van der Waals surface area contributed by atoms with Gasteiger partial charge in [0.15, 0.2) is 0 Å². The van der Waals surface area contributed by atoms with E-state index in [1.165, 1.54) is 88.1 Å². The molecule has 0 N–H and O–H groups in total. The van der Waals surface area contributed by atoms with Gasteiger partial charge in [-0.2, -0.15) is 0 Å². The van der Waals surface area contributed by atoms with Gasteiger partial charge < -0.3 is 9.15 Å². The van der Waals surface area contributed by atoms with Crippen LogP contribution in [0, 0.1) is 0 Å². The van der Waals surface area contributed by atoms with Gasteiger partial charge in [-0.1, -0.05) is 170 Å². The summed E-state index contributed by atoms with van der Waals surface area (Å²) in [5.74, 6) is 1.75. The van der Waals surface area contributed by atoms with Crippen molar-refractivity contribution in [2.24, 2.45) is 0 Å². The van der Waals surface area contributed by atoms with E-state index in [0.717, 1.165) is 55.5 Å². The molecule has 11 aromatic carbocycles. The minimum Gasteiger partial charge on any atom is -0.456 e. The second kappa shape index (κ2) is 12.0. The Morgan fingerprint density at radius 1 is 0.302 bits per heavy atom. The van der Waals surface area contributed by atoms with E-state index in [-0.39, 0.29) is 0 Å². The average molecular weight is 799 g/mol. The highest BCUT2D eigenvalue weighted by molar-refractivity contribution is 6.17. The van der Waals surface area contributed by atoms with Gasteiger partial charge in [0.25, 0.3) is 0 Å². The number of ether oxygens (including phenoxy) is 1. The number of hydrogen-bond donors (Lipinski definition) is 0. The molecular formula is C61H34O2. The van der Waals surface area contributed by atoms with Gasteiger partial charge in [-0.3, -0.25) is 0 Å². The first-order chi connectivity index (χ1) is 31.2. The Balaban J connectivity index is 0.949. The van der Waals surface area contributed by atoms with Gasteiger partial charge in [-0.15, -0.1) is 0 Å². The Bertz CT molecular complexity index is 4010. The predicted octanol–water partition coefficient (Wildman–Crippen LogP) is 16.5. The Labute approximate surface area is 362 Å². The smallest absolute Gasteiger partial charge is 0.136 e. The first kappa shape index (κ1) is 33.5. The maximum absolute atomic E-state index is 6.85. The van der Waals surface area contributed by atoms with Gasteiger partial charge in [0, 0.05) is 21.7 Å². The minimum absolute atomic E-state index is 0.479. The molecular weight excluding hydrogens is 765 g/mol. The highest BCUT2D eigenvalue weighted by Gasteiger charge is 2.50. The van der Waals surface area contributed by atoms with E-state index in [1.807, 2.05) is 0 Å². The molecule has 0 saturated heterocycles. The Kier molecular flexibility index (Phi) is 6.38. The normalized spacial score (nSPS) is 15.2. The van der Waals surface area contributed by atoms with E-state index in [2.05, 4.69) is 206 Å². The van der Waals surface area contributed by atoms with E-state index in [9.17, 15) is 0 Å². The zero-order chi connectivity index (χ0) is 41.0. The molecule has 0 amide bonds. The number of hydrogen-bond acceptors (Lipinski definition) is 2. The van der Waals surface area contributed by atoms with Crippen molar-refractivity contribution >= 4 is 54.3 Å². The Hall–Kier alpha value is -8.20. The van der Waals surface area contributed by atoms with Crippen LogP contribution in [0.2, 0.25) is 0 Å². The molecule has 15 rings (SSSR count). The third kappa shape index (κ3) is 4.23. The van der Waals surface area contributed by atoms with E-state index in [1.54, 1.807) is 0 Å². The lowest BCUT2D eigenvalue weighted by Gasteiger charge is -2.40. The molecule has 290 valence electrons. The molecule has 63 heavy (non-hydrogen) atoms. The standard InChI is InChI=1S/C61H34O2/c1-2-13-37-34-56-48(32-36(37)12-1)59-39(18-11-27-54(59)63-56)38-28-30-53-47(33-38)45-21-9-20-43-40(29-31-55(62-53)60(43)45)42-22-10-26-52-58(42)46-17-4-6-24-50(46)61(52)49-23-5-3-16-41(49)44-19-7-14-35-15-8-25-51(61)57(35)44/h1-34H.